The van der Waals surface area contributed by atoms with Crippen LogP contribution in [0.3, 0.4) is 0 Å². The van der Waals surface area contributed by atoms with Gasteiger partial charge in [0.05, 0.1) is 44.6 Å². The number of hydrogen-bond acceptors (Lipinski definition) is 7. The molecule has 0 radical (unpaired) electrons. The molecule has 0 saturated heterocycles. The first kappa shape index (κ1) is 25.8. The molecule has 0 aliphatic carbocycles. The van der Waals surface area contributed by atoms with E-state index in [1.165, 1.54) is 0 Å². The number of rotatable bonds is 11. The van der Waals surface area contributed by atoms with Crippen LogP contribution in [0.1, 0.15) is 11.1 Å². The van der Waals surface area contributed by atoms with Gasteiger partial charge < -0.3 is 28.4 Å². The predicted octanol–water partition coefficient (Wildman–Crippen LogP) is 6.01. The lowest BCUT2D eigenvalue weighted by Crippen LogP contribution is -2.10. The van der Waals surface area contributed by atoms with Gasteiger partial charge in [-0.15, -0.1) is 0 Å². The van der Waals surface area contributed by atoms with E-state index in [9.17, 15) is 5.26 Å². The zero-order valence-electron chi connectivity index (χ0n) is 20.0. The molecule has 3 rings (SSSR count). The van der Waals surface area contributed by atoms with E-state index in [1.54, 1.807) is 52.7 Å². The number of methoxy groups -OCH3 is 4. The monoisotopic (exact) mass is 539 g/mol. The second-order valence-electron chi connectivity index (χ2n) is 7.12. The fraction of sp³-hybridized carbons (Fsp3) is 0.222. The van der Waals surface area contributed by atoms with E-state index in [-0.39, 0.29) is 6.61 Å². The second-order valence-corrected chi connectivity index (χ2v) is 7.98. The molecule has 0 unspecified atom stereocenters. The molecule has 0 aliphatic heterocycles. The molecule has 0 saturated carbocycles. The van der Waals surface area contributed by atoms with Crippen molar-refractivity contribution < 1.29 is 28.4 Å². The topological polar surface area (TPSA) is 79.2 Å². The number of ether oxygens (including phenoxy) is 6. The number of benzene rings is 3. The molecular formula is C27H26BrNO6. The van der Waals surface area contributed by atoms with Crippen LogP contribution in [0.2, 0.25) is 0 Å². The quantitative estimate of drug-likeness (QED) is 0.168. The third-order valence-corrected chi connectivity index (χ3v) is 5.62. The number of nitriles is 1. The summed E-state index contributed by atoms with van der Waals surface area (Å²) in [5.74, 6) is 3.50. The Morgan fingerprint density at radius 1 is 0.771 bits per heavy atom. The van der Waals surface area contributed by atoms with E-state index in [1.807, 2.05) is 36.4 Å². The Labute approximate surface area is 213 Å². The summed E-state index contributed by atoms with van der Waals surface area (Å²) in [6.45, 7) is 0.604. The number of allylic oxidation sites excluding steroid dienone is 1. The highest BCUT2D eigenvalue weighted by molar-refractivity contribution is 9.10. The first-order valence-corrected chi connectivity index (χ1v) is 11.4. The highest BCUT2D eigenvalue weighted by atomic mass is 79.9. The number of nitrogens with zero attached hydrogens (tertiary/aromatic N) is 1. The molecule has 0 aliphatic rings. The molecule has 7 nitrogen and oxygen atoms in total. The van der Waals surface area contributed by atoms with Gasteiger partial charge in [0.15, 0.2) is 34.5 Å². The lowest BCUT2D eigenvalue weighted by molar-refractivity contribution is 0.205. The van der Waals surface area contributed by atoms with Crippen LogP contribution in [0.5, 0.6) is 34.5 Å². The summed E-state index contributed by atoms with van der Waals surface area (Å²) in [5.41, 5.74) is 1.92. The fourth-order valence-electron chi connectivity index (χ4n) is 3.35. The van der Waals surface area contributed by atoms with Crippen molar-refractivity contribution in [3.8, 4) is 40.6 Å². The summed E-state index contributed by atoms with van der Waals surface area (Å²) < 4.78 is 33.9. The maximum absolute atomic E-state index is 9.78. The third-order valence-electron chi connectivity index (χ3n) is 5.03. The Kier molecular flexibility index (Phi) is 9.27. The smallest absolute Gasteiger partial charge is 0.175 e. The number of halogens is 1. The van der Waals surface area contributed by atoms with Crippen LogP contribution in [0.15, 0.2) is 59.1 Å². The average molecular weight is 540 g/mol. The van der Waals surface area contributed by atoms with Crippen LogP contribution in [-0.2, 0) is 0 Å². The van der Waals surface area contributed by atoms with Crippen molar-refractivity contribution in [2.75, 3.05) is 41.7 Å². The molecule has 0 N–H and O–H groups in total. The van der Waals surface area contributed by atoms with Gasteiger partial charge in [-0.25, -0.2) is 0 Å². The lowest BCUT2D eigenvalue weighted by Gasteiger charge is -2.15. The van der Waals surface area contributed by atoms with E-state index in [4.69, 9.17) is 28.4 Å². The summed E-state index contributed by atoms with van der Waals surface area (Å²) in [4.78, 5) is 0. The third kappa shape index (κ3) is 6.40. The summed E-state index contributed by atoms with van der Waals surface area (Å²) in [5, 5.41) is 9.78. The average Bonchev–Trinajstić information content (AvgIpc) is 2.90. The summed E-state index contributed by atoms with van der Waals surface area (Å²) >= 11 is 3.55. The van der Waals surface area contributed by atoms with Crippen molar-refractivity contribution in [1.82, 2.24) is 0 Å². The van der Waals surface area contributed by atoms with Gasteiger partial charge in [0.1, 0.15) is 13.2 Å². The van der Waals surface area contributed by atoms with Crippen molar-refractivity contribution >= 4 is 27.6 Å². The number of hydrogen-bond donors (Lipinski definition) is 0. The standard InChI is InChI=1S/C27H26BrNO6/c1-30-22-7-5-6-8-24(22)34-11-12-35-27-21(28)14-18(15-26(27)33-4)13-20(17-29)19-9-10-23(31-2)25(16-19)32-3/h5-10,13-16H,11-12H2,1-4H3/b20-13+. The predicted molar refractivity (Wildman–Crippen MR) is 138 cm³/mol. The molecule has 0 spiro atoms. The summed E-state index contributed by atoms with van der Waals surface area (Å²) in [7, 11) is 6.28. The Morgan fingerprint density at radius 2 is 1.40 bits per heavy atom. The van der Waals surface area contributed by atoms with Crippen LogP contribution >= 0.6 is 15.9 Å². The van der Waals surface area contributed by atoms with E-state index in [2.05, 4.69) is 22.0 Å². The SMILES string of the molecule is COc1ccc(/C(C#N)=C/c2cc(Br)c(OCCOc3ccccc3OC)c(OC)c2)cc1OC. The molecule has 35 heavy (non-hydrogen) atoms. The highest BCUT2D eigenvalue weighted by Crippen LogP contribution is 2.38. The molecule has 182 valence electrons. The first-order chi connectivity index (χ1) is 17.0. The molecular weight excluding hydrogens is 514 g/mol. The van der Waals surface area contributed by atoms with Gasteiger partial charge in [0.25, 0.3) is 0 Å². The molecule has 0 heterocycles. The normalized spacial score (nSPS) is 10.8. The van der Waals surface area contributed by atoms with Crippen LogP contribution in [0, 0.1) is 11.3 Å². The van der Waals surface area contributed by atoms with Gasteiger partial charge in [0, 0.05) is 0 Å². The van der Waals surface area contributed by atoms with Crippen molar-refractivity contribution in [1.29, 1.82) is 5.26 Å². The summed E-state index contributed by atoms with van der Waals surface area (Å²) in [6, 6.07) is 18.7. The maximum Gasteiger partial charge on any atom is 0.175 e. The van der Waals surface area contributed by atoms with Gasteiger partial charge in [-0.1, -0.05) is 12.1 Å². The molecule has 0 amide bonds. The Morgan fingerprint density at radius 3 is 2.06 bits per heavy atom. The Balaban J connectivity index is 1.77. The zero-order valence-corrected chi connectivity index (χ0v) is 21.5. The maximum atomic E-state index is 9.78. The van der Waals surface area contributed by atoms with E-state index >= 15 is 0 Å². The van der Waals surface area contributed by atoms with Crippen molar-refractivity contribution in [2.45, 2.75) is 0 Å². The Hall–Kier alpha value is -3.83. The van der Waals surface area contributed by atoms with Crippen molar-refractivity contribution in [3.63, 3.8) is 0 Å². The van der Waals surface area contributed by atoms with Crippen molar-refractivity contribution in [2.24, 2.45) is 0 Å². The van der Waals surface area contributed by atoms with Gasteiger partial charge in [0.2, 0.25) is 0 Å². The van der Waals surface area contributed by atoms with Gasteiger partial charge in [-0.2, -0.15) is 5.26 Å². The van der Waals surface area contributed by atoms with Crippen LogP contribution in [0.25, 0.3) is 11.6 Å². The molecule has 8 heteroatoms. The molecule has 0 bridgehead atoms. The van der Waals surface area contributed by atoms with E-state index < -0.39 is 0 Å². The second kappa shape index (κ2) is 12.6. The van der Waals surface area contributed by atoms with Crippen LogP contribution in [-0.4, -0.2) is 41.7 Å². The Bertz CT molecular complexity index is 1230. The van der Waals surface area contributed by atoms with Gasteiger partial charge >= 0.3 is 0 Å². The summed E-state index contributed by atoms with van der Waals surface area (Å²) in [6.07, 6.45) is 1.77. The number of para-hydroxylation sites is 2. The van der Waals surface area contributed by atoms with Gasteiger partial charge in [-0.05, 0) is 75.6 Å². The fourth-order valence-corrected chi connectivity index (χ4v) is 3.92. The van der Waals surface area contributed by atoms with Gasteiger partial charge in [-0.3, -0.25) is 0 Å². The first-order valence-electron chi connectivity index (χ1n) is 10.6. The molecule has 3 aromatic carbocycles. The minimum absolute atomic E-state index is 0.289. The minimum Gasteiger partial charge on any atom is -0.493 e. The zero-order chi connectivity index (χ0) is 25.2. The lowest BCUT2D eigenvalue weighted by atomic mass is 10.0. The minimum atomic E-state index is 0.289. The molecule has 3 aromatic rings. The highest BCUT2D eigenvalue weighted by Gasteiger charge is 2.13. The van der Waals surface area contributed by atoms with E-state index in [0.717, 1.165) is 5.56 Å². The van der Waals surface area contributed by atoms with E-state index in [0.29, 0.717) is 56.7 Å². The molecule has 0 fully saturated rings. The molecule has 0 aromatic heterocycles. The largest absolute Gasteiger partial charge is 0.493 e. The van der Waals surface area contributed by atoms with Crippen LogP contribution < -0.4 is 28.4 Å². The van der Waals surface area contributed by atoms with Crippen LogP contribution in [0.4, 0.5) is 0 Å². The van der Waals surface area contributed by atoms with Crippen molar-refractivity contribution in [3.05, 3.63) is 70.2 Å². The molecule has 0 atom stereocenters.